The number of nitrogens with zero attached hydrogens (tertiary/aromatic N) is 2. The minimum Gasteiger partial charge on any atom is -0.347 e. The smallest absolute Gasteiger partial charge is 0.241 e. The van der Waals surface area contributed by atoms with E-state index in [0.717, 1.165) is 13.0 Å². The SMILES string of the molecule is CN(C)C(=O)CN1C(=O)C[C@@H]2NCC[C@@H]21. The summed E-state index contributed by atoms with van der Waals surface area (Å²) in [5.74, 6) is 0.100. The van der Waals surface area contributed by atoms with Crippen LogP contribution in [0, 0.1) is 0 Å². The third kappa shape index (κ3) is 1.84. The predicted octanol–water partition coefficient (Wildman–Crippen LogP) is -0.963. The Kier molecular flexibility index (Phi) is 2.65. The van der Waals surface area contributed by atoms with Gasteiger partial charge in [-0.1, -0.05) is 0 Å². The van der Waals surface area contributed by atoms with Crippen molar-refractivity contribution in [2.75, 3.05) is 27.2 Å². The maximum Gasteiger partial charge on any atom is 0.241 e. The molecule has 0 aromatic heterocycles. The number of hydrogen-bond acceptors (Lipinski definition) is 3. The molecule has 0 aromatic carbocycles. The molecule has 0 radical (unpaired) electrons. The molecule has 0 aromatic rings. The van der Waals surface area contributed by atoms with Crippen molar-refractivity contribution in [1.29, 1.82) is 0 Å². The Hall–Kier alpha value is -1.10. The molecule has 2 heterocycles. The molecule has 2 saturated heterocycles. The molecule has 5 heteroatoms. The van der Waals surface area contributed by atoms with Gasteiger partial charge in [-0.05, 0) is 13.0 Å². The van der Waals surface area contributed by atoms with Crippen LogP contribution in [-0.2, 0) is 9.59 Å². The molecule has 2 atom stereocenters. The first-order valence-corrected chi connectivity index (χ1v) is 5.32. The van der Waals surface area contributed by atoms with Gasteiger partial charge in [0.25, 0.3) is 0 Å². The van der Waals surface area contributed by atoms with Crippen LogP contribution in [0.1, 0.15) is 12.8 Å². The molecule has 0 unspecified atom stereocenters. The van der Waals surface area contributed by atoms with Gasteiger partial charge in [-0.3, -0.25) is 9.59 Å². The van der Waals surface area contributed by atoms with E-state index in [1.54, 1.807) is 19.0 Å². The minimum absolute atomic E-state index is 0.00380. The highest BCUT2D eigenvalue weighted by Crippen LogP contribution is 2.25. The average Bonchev–Trinajstić information content (AvgIpc) is 2.69. The summed E-state index contributed by atoms with van der Waals surface area (Å²) in [6, 6.07) is 0.508. The molecule has 2 fully saturated rings. The Balaban J connectivity index is 2.02. The predicted molar refractivity (Wildman–Crippen MR) is 55.2 cm³/mol. The van der Waals surface area contributed by atoms with Gasteiger partial charge < -0.3 is 15.1 Å². The summed E-state index contributed by atoms with van der Waals surface area (Å²) in [6.07, 6.45) is 1.52. The zero-order valence-electron chi connectivity index (χ0n) is 9.19. The van der Waals surface area contributed by atoms with Crippen LogP contribution < -0.4 is 5.32 Å². The van der Waals surface area contributed by atoms with Gasteiger partial charge in [-0.15, -0.1) is 0 Å². The van der Waals surface area contributed by atoms with Gasteiger partial charge >= 0.3 is 0 Å². The molecule has 0 bridgehead atoms. The van der Waals surface area contributed by atoms with Gasteiger partial charge in [0, 0.05) is 32.6 Å². The third-order valence-corrected chi connectivity index (χ3v) is 3.23. The van der Waals surface area contributed by atoms with E-state index in [1.165, 1.54) is 4.90 Å². The van der Waals surface area contributed by atoms with Crippen molar-refractivity contribution in [1.82, 2.24) is 15.1 Å². The van der Waals surface area contributed by atoms with Crippen molar-refractivity contribution < 1.29 is 9.59 Å². The van der Waals surface area contributed by atoms with E-state index in [0.29, 0.717) is 6.42 Å². The van der Waals surface area contributed by atoms with E-state index in [4.69, 9.17) is 0 Å². The van der Waals surface area contributed by atoms with Crippen LogP contribution >= 0.6 is 0 Å². The van der Waals surface area contributed by atoms with Crippen molar-refractivity contribution >= 4 is 11.8 Å². The van der Waals surface area contributed by atoms with Gasteiger partial charge in [-0.2, -0.15) is 0 Å². The second-order valence-corrected chi connectivity index (χ2v) is 4.43. The molecule has 15 heavy (non-hydrogen) atoms. The first-order chi connectivity index (χ1) is 7.09. The second-order valence-electron chi connectivity index (χ2n) is 4.43. The number of carbonyl (C=O) groups is 2. The van der Waals surface area contributed by atoms with Crippen molar-refractivity contribution in [3.8, 4) is 0 Å². The fraction of sp³-hybridized carbons (Fsp3) is 0.800. The number of hydrogen-bond donors (Lipinski definition) is 1. The lowest BCUT2D eigenvalue weighted by Gasteiger charge is -2.24. The molecule has 0 spiro atoms. The highest BCUT2D eigenvalue weighted by atomic mass is 16.2. The van der Waals surface area contributed by atoms with Gasteiger partial charge in [0.05, 0.1) is 0 Å². The lowest BCUT2D eigenvalue weighted by atomic mass is 10.1. The largest absolute Gasteiger partial charge is 0.347 e. The maximum absolute atomic E-state index is 11.7. The van der Waals surface area contributed by atoms with Crippen molar-refractivity contribution in [2.24, 2.45) is 0 Å². The molecule has 1 N–H and O–H groups in total. The molecular formula is C10H17N3O2. The highest BCUT2D eigenvalue weighted by molar-refractivity contribution is 5.86. The molecule has 2 rings (SSSR count). The number of carbonyl (C=O) groups excluding carboxylic acids is 2. The Morgan fingerprint density at radius 2 is 2.33 bits per heavy atom. The Labute approximate surface area is 89.4 Å². The molecule has 2 amide bonds. The molecule has 84 valence electrons. The van der Waals surface area contributed by atoms with Crippen LogP contribution in [0.3, 0.4) is 0 Å². The minimum atomic E-state index is -0.00380. The number of nitrogens with one attached hydrogen (secondary N) is 1. The normalized spacial score (nSPS) is 29.5. The Morgan fingerprint density at radius 3 is 3.00 bits per heavy atom. The topological polar surface area (TPSA) is 52.7 Å². The molecule has 2 aliphatic rings. The van der Waals surface area contributed by atoms with E-state index in [2.05, 4.69) is 5.32 Å². The first-order valence-electron chi connectivity index (χ1n) is 5.32. The summed E-state index contributed by atoms with van der Waals surface area (Å²) in [5, 5.41) is 3.29. The average molecular weight is 211 g/mol. The van der Waals surface area contributed by atoms with Crippen LogP contribution in [0.2, 0.25) is 0 Å². The standard InChI is InChI=1S/C10H17N3O2/c1-12(2)10(15)6-13-8-3-4-11-7(8)5-9(13)14/h7-8,11H,3-6H2,1-2H3/t7-,8-/m0/s1. The molecule has 0 aliphatic carbocycles. The maximum atomic E-state index is 11.7. The second kappa shape index (κ2) is 3.81. The fourth-order valence-electron chi connectivity index (χ4n) is 2.32. The number of amides is 2. The number of likely N-dealkylation sites (N-methyl/N-ethyl adjacent to an activating group) is 1. The first kappa shape index (κ1) is 10.4. The van der Waals surface area contributed by atoms with Crippen LogP contribution in [0.15, 0.2) is 0 Å². The van der Waals surface area contributed by atoms with Crippen molar-refractivity contribution in [3.05, 3.63) is 0 Å². The van der Waals surface area contributed by atoms with E-state index < -0.39 is 0 Å². The summed E-state index contributed by atoms with van der Waals surface area (Å²) in [6.45, 7) is 1.18. The van der Waals surface area contributed by atoms with Crippen molar-refractivity contribution in [2.45, 2.75) is 24.9 Å². The zero-order valence-corrected chi connectivity index (χ0v) is 9.19. The summed E-state index contributed by atoms with van der Waals surface area (Å²) >= 11 is 0. The quantitative estimate of drug-likeness (QED) is 0.640. The molecule has 0 saturated carbocycles. The van der Waals surface area contributed by atoms with E-state index >= 15 is 0 Å². The van der Waals surface area contributed by atoms with Crippen LogP contribution in [0.25, 0.3) is 0 Å². The molecule has 2 aliphatic heterocycles. The molecular weight excluding hydrogens is 194 g/mol. The Morgan fingerprint density at radius 1 is 1.60 bits per heavy atom. The van der Waals surface area contributed by atoms with Gasteiger partial charge in [0.2, 0.25) is 11.8 Å². The number of likely N-dealkylation sites (tertiary alicyclic amines) is 1. The van der Waals surface area contributed by atoms with Gasteiger partial charge in [0.15, 0.2) is 0 Å². The van der Waals surface area contributed by atoms with Crippen LogP contribution in [0.4, 0.5) is 0 Å². The van der Waals surface area contributed by atoms with E-state index in [-0.39, 0.29) is 30.4 Å². The zero-order chi connectivity index (χ0) is 11.0. The van der Waals surface area contributed by atoms with Crippen molar-refractivity contribution in [3.63, 3.8) is 0 Å². The van der Waals surface area contributed by atoms with E-state index in [1.807, 2.05) is 0 Å². The third-order valence-electron chi connectivity index (χ3n) is 3.23. The van der Waals surface area contributed by atoms with Crippen LogP contribution in [-0.4, -0.2) is 60.9 Å². The monoisotopic (exact) mass is 211 g/mol. The van der Waals surface area contributed by atoms with Crippen LogP contribution in [0.5, 0.6) is 0 Å². The summed E-state index contributed by atoms with van der Waals surface area (Å²) in [7, 11) is 3.43. The fourth-order valence-corrected chi connectivity index (χ4v) is 2.32. The number of rotatable bonds is 2. The van der Waals surface area contributed by atoms with Gasteiger partial charge in [0.1, 0.15) is 6.54 Å². The van der Waals surface area contributed by atoms with E-state index in [9.17, 15) is 9.59 Å². The highest BCUT2D eigenvalue weighted by Gasteiger charge is 2.42. The lowest BCUT2D eigenvalue weighted by Crippen LogP contribution is -2.42. The van der Waals surface area contributed by atoms with Gasteiger partial charge in [-0.25, -0.2) is 0 Å². The summed E-state index contributed by atoms with van der Waals surface area (Å²) in [5.41, 5.74) is 0. The number of fused-ring (bicyclic) bond motifs is 1. The summed E-state index contributed by atoms with van der Waals surface area (Å²) in [4.78, 5) is 26.5. The molecule has 5 nitrogen and oxygen atoms in total. The summed E-state index contributed by atoms with van der Waals surface area (Å²) < 4.78 is 0. The Bertz CT molecular complexity index is 290. The lowest BCUT2D eigenvalue weighted by molar-refractivity contribution is -0.138.